The van der Waals surface area contributed by atoms with Gasteiger partial charge in [-0.2, -0.15) is 0 Å². The quantitative estimate of drug-likeness (QED) is 0.778. The molecule has 1 aliphatic carbocycles. The summed E-state index contributed by atoms with van der Waals surface area (Å²) in [5, 5.41) is 4.74. The smallest absolute Gasteiger partial charge is 0.341 e. The molecule has 0 saturated heterocycles. The first-order valence-corrected chi connectivity index (χ1v) is 7.97. The molecule has 0 aliphatic heterocycles. The van der Waals surface area contributed by atoms with E-state index in [-0.39, 0.29) is 11.6 Å². The molecule has 3 amide bonds. The van der Waals surface area contributed by atoms with Crippen LogP contribution in [0.25, 0.3) is 0 Å². The highest BCUT2D eigenvalue weighted by Crippen LogP contribution is 2.17. The van der Waals surface area contributed by atoms with Gasteiger partial charge in [0.1, 0.15) is 5.82 Å². The number of nitrogens with one attached hydrogen (secondary N) is 2. The molecule has 2 rings (SSSR count). The minimum absolute atomic E-state index is 0.0715. The molecule has 0 atom stereocenters. The maximum Gasteiger partial charge on any atom is 0.341 e. The Labute approximate surface area is 140 Å². The number of ether oxygens (including phenoxy) is 1. The molecule has 1 aromatic carbocycles. The molecule has 1 aliphatic rings. The first-order chi connectivity index (χ1) is 11.0. The molecule has 0 radical (unpaired) electrons. The normalized spacial score (nSPS) is 14.3. The molecule has 0 aromatic heterocycles. The number of carbonyl (C=O) groups excluding carboxylic acids is 3. The van der Waals surface area contributed by atoms with Crippen molar-refractivity contribution in [3.8, 4) is 0 Å². The van der Waals surface area contributed by atoms with Crippen LogP contribution in [0.4, 0.5) is 9.18 Å². The fourth-order valence-corrected chi connectivity index (χ4v) is 2.65. The second kappa shape index (κ2) is 8.05. The second-order valence-electron chi connectivity index (χ2n) is 5.20. The second-order valence-corrected chi connectivity index (χ2v) is 6.12. The molecule has 1 aromatic rings. The zero-order chi connectivity index (χ0) is 16.8. The fraction of sp³-hybridized carbons (Fsp3) is 0.400. The van der Waals surface area contributed by atoms with Gasteiger partial charge in [0.15, 0.2) is 6.61 Å². The van der Waals surface area contributed by atoms with Crippen LogP contribution in [0.1, 0.15) is 36.0 Å². The molecule has 0 unspecified atom stereocenters. The Bertz CT molecular complexity index is 617. The Morgan fingerprint density at radius 3 is 2.61 bits per heavy atom. The molecular formula is C15H16BrFN2O4. The molecular weight excluding hydrogens is 371 g/mol. The highest BCUT2D eigenvalue weighted by molar-refractivity contribution is 9.10. The average Bonchev–Trinajstić information content (AvgIpc) is 2.97. The largest absolute Gasteiger partial charge is 0.452 e. The van der Waals surface area contributed by atoms with Crippen molar-refractivity contribution < 1.29 is 23.5 Å². The summed E-state index contributed by atoms with van der Waals surface area (Å²) >= 11 is 3.07. The number of imide groups is 1. The van der Waals surface area contributed by atoms with Gasteiger partial charge < -0.3 is 10.1 Å². The highest BCUT2D eigenvalue weighted by atomic mass is 79.9. The van der Waals surface area contributed by atoms with Crippen LogP contribution in [0.3, 0.4) is 0 Å². The predicted molar refractivity (Wildman–Crippen MR) is 83.3 cm³/mol. The lowest BCUT2D eigenvalue weighted by Crippen LogP contribution is -2.45. The van der Waals surface area contributed by atoms with Gasteiger partial charge in [0.2, 0.25) is 0 Å². The zero-order valence-electron chi connectivity index (χ0n) is 12.2. The van der Waals surface area contributed by atoms with Gasteiger partial charge in [-0.05, 0) is 31.0 Å². The number of urea groups is 1. The minimum Gasteiger partial charge on any atom is -0.452 e. The monoisotopic (exact) mass is 386 g/mol. The Kier molecular flexibility index (Phi) is 6.09. The molecule has 1 saturated carbocycles. The molecule has 0 heterocycles. The third kappa shape index (κ3) is 5.31. The summed E-state index contributed by atoms with van der Waals surface area (Å²) in [7, 11) is 0. The summed E-state index contributed by atoms with van der Waals surface area (Å²) in [5.74, 6) is -2.50. The maximum absolute atomic E-state index is 13.6. The predicted octanol–water partition coefficient (Wildman–Crippen LogP) is 2.51. The third-order valence-electron chi connectivity index (χ3n) is 3.43. The van der Waals surface area contributed by atoms with E-state index in [1.165, 1.54) is 12.1 Å². The van der Waals surface area contributed by atoms with E-state index in [9.17, 15) is 18.8 Å². The lowest BCUT2D eigenvalue weighted by molar-refractivity contribution is -0.123. The number of benzene rings is 1. The highest BCUT2D eigenvalue weighted by Gasteiger charge is 2.19. The van der Waals surface area contributed by atoms with Crippen molar-refractivity contribution in [3.05, 3.63) is 34.1 Å². The lowest BCUT2D eigenvalue weighted by Gasteiger charge is -2.12. The van der Waals surface area contributed by atoms with E-state index in [0.29, 0.717) is 4.47 Å². The third-order valence-corrected chi connectivity index (χ3v) is 3.92. The van der Waals surface area contributed by atoms with Crippen molar-refractivity contribution in [2.45, 2.75) is 31.7 Å². The van der Waals surface area contributed by atoms with E-state index in [4.69, 9.17) is 4.74 Å². The molecule has 8 heteroatoms. The Balaban J connectivity index is 1.77. The van der Waals surface area contributed by atoms with Gasteiger partial charge in [0.25, 0.3) is 5.91 Å². The number of carbonyl (C=O) groups is 3. The number of hydrogen-bond donors (Lipinski definition) is 2. The van der Waals surface area contributed by atoms with E-state index in [2.05, 4.69) is 26.6 Å². The molecule has 0 spiro atoms. The van der Waals surface area contributed by atoms with Crippen molar-refractivity contribution >= 4 is 33.8 Å². The van der Waals surface area contributed by atoms with E-state index in [0.717, 1.165) is 31.7 Å². The Hall–Kier alpha value is -1.96. The number of hydrogen-bond acceptors (Lipinski definition) is 4. The van der Waals surface area contributed by atoms with Gasteiger partial charge in [-0.1, -0.05) is 28.8 Å². The summed E-state index contributed by atoms with van der Waals surface area (Å²) in [6.07, 6.45) is 3.88. The lowest BCUT2D eigenvalue weighted by atomic mass is 10.2. The topological polar surface area (TPSA) is 84.5 Å². The Morgan fingerprint density at radius 1 is 1.26 bits per heavy atom. The van der Waals surface area contributed by atoms with Crippen LogP contribution >= 0.6 is 15.9 Å². The standard InChI is InChI=1S/C15H16BrFN2O4/c16-9-5-6-11(12(17)7-9)14(21)23-8-13(20)19-15(22)18-10-3-1-2-4-10/h5-7,10H,1-4,8H2,(H2,18,19,20,22). The van der Waals surface area contributed by atoms with Gasteiger partial charge in [-0.25, -0.2) is 14.0 Å². The average molecular weight is 387 g/mol. The summed E-state index contributed by atoms with van der Waals surface area (Å²) < 4.78 is 18.7. The van der Waals surface area contributed by atoms with Crippen LogP contribution in [0.5, 0.6) is 0 Å². The number of halogens is 2. The van der Waals surface area contributed by atoms with E-state index >= 15 is 0 Å². The van der Waals surface area contributed by atoms with Gasteiger partial charge in [0.05, 0.1) is 5.56 Å². The number of esters is 1. The molecule has 124 valence electrons. The van der Waals surface area contributed by atoms with Crippen molar-refractivity contribution in [3.63, 3.8) is 0 Å². The van der Waals surface area contributed by atoms with Crippen molar-refractivity contribution in [1.82, 2.24) is 10.6 Å². The Morgan fingerprint density at radius 2 is 1.96 bits per heavy atom. The van der Waals surface area contributed by atoms with Crippen molar-refractivity contribution in [2.24, 2.45) is 0 Å². The van der Waals surface area contributed by atoms with Crippen LogP contribution in [-0.2, 0) is 9.53 Å². The van der Waals surface area contributed by atoms with Gasteiger partial charge in [0, 0.05) is 10.5 Å². The summed E-state index contributed by atoms with van der Waals surface area (Å²) in [6.45, 7) is -0.660. The first-order valence-electron chi connectivity index (χ1n) is 7.18. The molecule has 6 nitrogen and oxygen atoms in total. The summed E-state index contributed by atoms with van der Waals surface area (Å²) in [4.78, 5) is 34.8. The van der Waals surface area contributed by atoms with Crippen LogP contribution in [0, 0.1) is 5.82 Å². The summed E-state index contributed by atoms with van der Waals surface area (Å²) in [6, 6.07) is 3.29. The fourth-order valence-electron chi connectivity index (χ4n) is 2.32. The first kappa shape index (κ1) is 17.4. The van der Waals surface area contributed by atoms with Crippen LogP contribution in [0.2, 0.25) is 0 Å². The van der Waals surface area contributed by atoms with Crippen LogP contribution < -0.4 is 10.6 Å². The molecule has 1 fully saturated rings. The van der Waals surface area contributed by atoms with Crippen LogP contribution in [-0.4, -0.2) is 30.6 Å². The molecule has 2 N–H and O–H groups in total. The zero-order valence-corrected chi connectivity index (χ0v) is 13.8. The van der Waals surface area contributed by atoms with E-state index in [1.54, 1.807) is 0 Å². The maximum atomic E-state index is 13.6. The number of amides is 3. The molecule has 0 bridgehead atoms. The molecule has 23 heavy (non-hydrogen) atoms. The van der Waals surface area contributed by atoms with Crippen LogP contribution in [0.15, 0.2) is 22.7 Å². The van der Waals surface area contributed by atoms with Crippen molar-refractivity contribution in [1.29, 1.82) is 0 Å². The minimum atomic E-state index is -0.971. The summed E-state index contributed by atoms with van der Waals surface area (Å²) in [5.41, 5.74) is -0.281. The van der Waals surface area contributed by atoms with Gasteiger partial charge in [-0.15, -0.1) is 0 Å². The van der Waals surface area contributed by atoms with E-state index < -0.39 is 30.3 Å². The van der Waals surface area contributed by atoms with E-state index in [1.807, 2.05) is 0 Å². The SMILES string of the molecule is O=C(COC(=O)c1ccc(Br)cc1F)NC(=O)NC1CCCC1. The van der Waals surface area contributed by atoms with Crippen molar-refractivity contribution in [2.75, 3.05) is 6.61 Å². The number of rotatable bonds is 4. The van der Waals surface area contributed by atoms with Gasteiger partial charge >= 0.3 is 12.0 Å². The van der Waals surface area contributed by atoms with Gasteiger partial charge in [-0.3, -0.25) is 10.1 Å².